The third-order valence-electron chi connectivity index (χ3n) is 5.65. The van der Waals surface area contributed by atoms with Crippen LogP contribution in [0.2, 0.25) is 0 Å². The van der Waals surface area contributed by atoms with E-state index in [9.17, 15) is 0 Å². The van der Waals surface area contributed by atoms with E-state index >= 15 is 0 Å². The van der Waals surface area contributed by atoms with E-state index in [1.165, 1.54) is 62.6 Å². The largest absolute Gasteiger partial charge is 0.370 e. The van der Waals surface area contributed by atoms with Crippen molar-refractivity contribution >= 4 is 5.96 Å². The molecule has 0 saturated heterocycles. The van der Waals surface area contributed by atoms with Crippen molar-refractivity contribution in [2.75, 3.05) is 0 Å². The van der Waals surface area contributed by atoms with E-state index in [0.717, 1.165) is 5.92 Å². The van der Waals surface area contributed by atoms with Gasteiger partial charge in [-0.3, -0.25) is 0 Å². The Morgan fingerprint density at radius 2 is 2.14 bits per heavy atom. The highest BCUT2D eigenvalue weighted by atomic mass is 15.2. The van der Waals surface area contributed by atoms with E-state index in [0.29, 0.717) is 23.8 Å². The van der Waals surface area contributed by atoms with Crippen LogP contribution in [0.4, 0.5) is 0 Å². The van der Waals surface area contributed by atoms with Crippen LogP contribution in [0, 0.1) is 17.8 Å². The summed E-state index contributed by atoms with van der Waals surface area (Å²) in [5.74, 6) is 2.75. The van der Waals surface area contributed by atoms with Gasteiger partial charge < -0.3 is 11.1 Å². The number of nitrogens with one attached hydrogen (secondary N) is 1. The zero-order valence-electron chi connectivity index (χ0n) is 14.1. The van der Waals surface area contributed by atoms with Gasteiger partial charge >= 0.3 is 0 Å². The second kappa shape index (κ2) is 6.89. The van der Waals surface area contributed by atoms with Gasteiger partial charge in [0.15, 0.2) is 5.96 Å². The van der Waals surface area contributed by atoms with E-state index in [1.54, 1.807) is 0 Å². The Kier molecular flexibility index (Phi) is 4.90. The predicted octanol–water partition coefficient (Wildman–Crippen LogP) is 4.12. The van der Waals surface area contributed by atoms with Crippen LogP contribution in [0.25, 0.3) is 0 Å². The highest BCUT2D eigenvalue weighted by Gasteiger charge is 2.46. The molecule has 2 aliphatic carbocycles. The van der Waals surface area contributed by atoms with Crippen molar-refractivity contribution in [3.8, 4) is 0 Å². The molecule has 1 heterocycles. The Bertz CT molecular complexity index is 489. The second-order valence-electron chi connectivity index (χ2n) is 7.20. The monoisotopic (exact) mass is 301 g/mol. The number of allylic oxidation sites excluding steroid dienone is 3. The molecular weight excluding hydrogens is 270 g/mol. The molecule has 0 amide bonds. The molecule has 0 radical (unpaired) electrons. The van der Waals surface area contributed by atoms with Gasteiger partial charge in [0.1, 0.15) is 0 Å². The molecule has 3 heteroatoms. The van der Waals surface area contributed by atoms with E-state index in [-0.39, 0.29) is 0 Å². The lowest BCUT2D eigenvalue weighted by Crippen LogP contribution is -2.46. The van der Waals surface area contributed by atoms with Crippen LogP contribution in [0.15, 0.2) is 28.4 Å². The number of guanidine groups is 1. The summed E-state index contributed by atoms with van der Waals surface area (Å²) >= 11 is 0. The van der Waals surface area contributed by atoms with Gasteiger partial charge in [0, 0.05) is 11.6 Å². The lowest BCUT2D eigenvalue weighted by atomic mass is 9.71. The first-order chi connectivity index (χ1) is 10.7. The van der Waals surface area contributed by atoms with Crippen LogP contribution in [0.1, 0.15) is 65.2 Å². The third-order valence-corrected chi connectivity index (χ3v) is 5.65. The smallest absolute Gasteiger partial charge is 0.193 e. The van der Waals surface area contributed by atoms with E-state index in [2.05, 4.69) is 36.3 Å². The minimum atomic E-state index is 0.433. The van der Waals surface area contributed by atoms with Gasteiger partial charge in [-0.15, -0.1) is 0 Å². The molecule has 3 N–H and O–H groups in total. The van der Waals surface area contributed by atoms with Crippen molar-refractivity contribution in [2.45, 2.75) is 71.3 Å². The Balaban J connectivity index is 1.91. The first-order valence-corrected chi connectivity index (χ1v) is 9.25. The molecule has 0 unspecified atom stereocenters. The van der Waals surface area contributed by atoms with Crippen LogP contribution < -0.4 is 11.1 Å². The van der Waals surface area contributed by atoms with Gasteiger partial charge in [-0.25, -0.2) is 4.99 Å². The lowest BCUT2D eigenvalue weighted by Gasteiger charge is -2.39. The normalized spacial score (nSPS) is 33.8. The maximum absolute atomic E-state index is 6.06. The number of hydrogen-bond donors (Lipinski definition) is 2. The minimum Gasteiger partial charge on any atom is -0.370 e. The summed E-state index contributed by atoms with van der Waals surface area (Å²) in [6.45, 7) is 4.56. The summed E-state index contributed by atoms with van der Waals surface area (Å²) in [5, 5.41) is 3.45. The molecule has 3 nitrogen and oxygen atoms in total. The molecule has 0 spiro atoms. The second-order valence-corrected chi connectivity index (χ2v) is 7.20. The molecule has 122 valence electrons. The van der Waals surface area contributed by atoms with Crippen LogP contribution in [-0.4, -0.2) is 12.0 Å². The maximum Gasteiger partial charge on any atom is 0.193 e. The summed E-state index contributed by atoms with van der Waals surface area (Å²) in [6.07, 6.45) is 15.0. The van der Waals surface area contributed by atoms with E-state index < -0.39 is 0 Å². The van der Waals surface area contributed by atoms with Gasteiger partial charge in [0.25, 0.3) is 0 Å². The molecule has 4 atom stereocenters. The lowest BCUT2D eigenvalue weighted by molar-refractivity contribution is 0.289. The fourth-order valence-electron chi connectivity index (χ4n) is 4.68. The molecule has 1 saturated carbocycles. The van der Waals surface area contributed by atoms with Gasteiger partial charge in [0.2, 0.25) is 0 Å². The molecule has 1 aliphatic heterocycles. The molecule has 3 aliphatic rings. The Labute approximate surface area is 135 Å². The number of hydrogen-bond acceptors (Lipinski definition) is 3. The van der Waals surface area contributed by atoms with Gasteiger partial charge in [-0.2, -0.15) is 0 Å². The minimum absolute atomic E-state index is 0.433. The first kappa shape index (κ1) is 15.6. The summed E-state index contributed by atoms with van der Waals surface area (Å²) < 4.78 is 0. The summed E-state index contributed by atoms with van der Waals surface area (Å²) in [4.78, 5) is 4.67. The molecule has 0 aromatic heterocycles. The zero-order chi connectivity index (χ0) is 15.5. The van der Waals surface area contributed by atoms with Crippen LogP contribution >= 0.6 is 0 Å². The maximum atomic E-state index is 6.06. The van der Waals surface area contributed by atoms with Gasteiger partial charge in [-0.1, -0.05) is 45.3 Å². The number of nitrogens with zero attached hydrogens (tertiary/aromatic N) is 1. The molecule has 0 aromatic rings. The van der Waals surface area contributed by atoms with Crippen LogP contribution in [0.5, 0.6) is 0 Å². The Morgan fingerprint density at radius 1 is 1.27 bits per heavy atom. The van der Waals surface area contributed by atoms with Crippen molar-refractivity contribution in [3.05, 3.63) is 23.4 Å². The zero-order valence-corrected chi connectivity index (χ0v) is 14.1. The number of rotatable bonds is 6. The number of nitrogens with two attached hydrogens (primary N) is 1. The standard InChI is InChI=1S/C19H31N3/c1-3-5-6-7-9-15-13(8-4-2)12-14-10-11-16-17(14)18(15)22-19(20)21-16/h7,9,13-14,16-17H,3-6,8,10-12H2,1-2H3,(H3,20,21,22)/t13-,14+,16+,17-/m1/s1. The topological polar surface area (TPSA) is 50.4 Å². The van der Waals surface area contributed by atoms with Crippen LogP contribution in [0.3, 0.4) is 0 Å². The highest BCUT2D eigenvalue weighted by Crippen LogP contribution is 2.50. The molecule has 22 heavy (non-hydrogen) atoms. The molecular formula is C19H31N3. The predicted molar refractivity (Wildman–Crippen MR) is 93.5 cm³/mol. The summed E-state index contributed by atoms with van der Waals surface area (Å²) in [6, 6.07) is 0.433. The van der Waals surface area contributed by atoms with Crippen molar-refractivity contribution in [1.29, 1.82) is 0 Å². The fourth-order valence-corrected chi connectivity index (χ4v) is 4.68. The van der Waals surface area contributed by atoms with Crippen molar-refractivity contribution < 1.29 is 0 Å². The Hall–Kier alpha value is -1.25. The first-order valence-electron chi connectivity index (χ1n) is 9.25. The van der Waals surface area contributed by atoms with Crippen molar-refractivity contribution in [3.63, 3.8) is 0 Å². The number of unbranched alkanes of at least 4 members (excludes halogenated alkanes) is 2. The summed E-state index contributed by atoms with van der Waals surface area (Å²) in [7, 11) is 0. The molecule has 1 fully saturated rings. The third kappa shape index (κ3) is 2.95. The van der Waals surface area contributed by atoms with Crippen molar-refractivity contribution in [1.82, 2.24) is 5.32 Å². The Morgan fingerprint density at radius 3 is 2.91 bits per heavy atom. The van der Waals surface area contributed by atoms with E-state index in [1.807, 2.05) is 0 Å². The van der Waals surface area contributed by atoms with Gasteiger partial charge in [-0.05, 0) is 49.5 Å². The fraction of sp³-hybridized carbons (Fsp3) is 0.737. The SMILES string of the molecule is CCCCC=CC1=C2NC(N)=N[C@H]3CC[C@@H](C[C@H]1CCC)[C@@H]23. The summed E-state index contributed by atoms with van der Waals surface area (Å²) in [5.41, 5.74) is 9.01. The number of aliphatic imine (C=N–C) groups is 1. The molecule has 3 rings (SSSR count). The van der Waals surface area contributed by atoms with Crippen LogP contribution in [-0.2, 0) is 0 Å². The molecule has 0 aromatic carbocycles. The van der Waals surface area contributed by atoms with Gasteiger partial charge in [0.05, 0.1) is 6.04 Å². The van der Waals surface area contributed by atoms with Crippen molar-refractivity contribution in [2.24, 2.45) is 28.5 Å². The highest BCUT2D eigenvalue weighted by molar-refractivity contribution is 5.81. The molecule has 0 bridgehead atoms. The van der Waals surface area contributed by atoms with E-state index in [4.69, 9.17) is 5.73 Å². The average molecular weight is 301 g/mol. The average Bonchev–Trinajstić information content (AvgIpc) is 2.89. The quantitative estimate of drug-likeness (QED) is 0.725.